The molecule has 1 aromatic carbocycles. The molecule has 0 heterocycles. The van der Waals surface area contributed by atoms with Crippen LogP contribution in [0.5, 0.6) is 0 Å². The molecule has 80 valence electrons. The van der Waals surface area contributed by atoms with Gasteiger partial charge in [0.15, 0.2) is 5.78 Å². The third kappa shape index (κ3) is 3.16. The van der Waals surface area contributed by atoms with Crippen LogP contribution in [0.1, 0.15) is 22.8 Å². The van der Waals surface area contributed by atoms with Crippen LogP contribution in [0.4, 0.5) is 0 Å². The molecule has 0 aliphatic carbocycles. The minimum absolute atomic E-state index is 0.000294. The van der Waals surface area contributed by atoms with Gasteiger partial charge in [-0.2, -0.15) is 0 Å². The highest BCUT2D eigenvalue weighted by molar-refractivity contribution is 9.10. The van der Waals surface area contributed by atoms with Gasteiger partial charge in [-0.25, -0.2) is 0 Å². The van der Waals surface area contributed by atoms with Crippen molar-refractivity contribution in [1.82, 2.24) is 0 Å². The summed E-state index contributed by atoms with van der Waals surface area (Å²) in [7, 11) is 1.35. The first-order valence-corrected chi connectivity index (χ1v) is 5.20. The van der Waals surface area contributed by atoms with Crippen LogP contribution in [0.15, 0.2) is 22.7 Å². The second-order valence-corrected chi connectivity index (χ2v) is 3.97. The SMILES string of the molecule is COC(=O)Cc1ccc(C(C)=O)cc1Br. The Kier molecular flexibility index (Phi) is 4.03. The van der Waals surface area contributed by atoms with E-state index in [0.29, 0.717) is 5.56 Å². The molecule has 0 unspecified atom stereocenters. The number of esters is 1. The Hall–Kier alpha value is -1.16. The number of hydrogen-bond acceptors (Lipinski definition) is 3. The van der Waals surface area contributed by atoms with Crippen molar-refractivity contribution < 1.29 is 14.3 Å². The number of carbonyl (C=O) groups is 2. The first-order chi connectivity index (χ1) is 7.04. The third-order valence-electron chi connectivity index (χ3n) is 2.02. The Bertz CT molecular complexity index is 399. The molecule has 0 amide bonds. The molecule has 0 spiro atoms. The first kappa shape index (κ1) is 11.9. The van der Waals surface area contributed by atoms with E-state index in [9.17, 15) is 9.59 Å². The van der Waals surface area contributed by atoms with Crippen molar-refractivity contribution in [2.24, 2.45) is 0 Å². The molecule has 0 radical (unpaired) electrons. The van der Waals surface area contributed by atoms with Crippen molar-refractivity contribution in [3.63, 3.8) is 0 Å². The second-order valence-electron chi connectivity index (χ2n) is 3.12. The number of hydrogen-bond donors (Lipinski definition) is 0. The van der Waals surface area contributed by atoms with E-state index in [2.05, 4.69) is 20.7 Å². The zero-order valence-electron chi connectivity index (χ0n) is 8.54. The molecule has 0 aromatic heterocycles. The van der Waals surface area contributed by atoms with Crippen molar-refractivity contribution in [1.29, 1.82) is 0 Å². The summed E-state index contributed by atoms with van der Waals surface area (Å²) in [6.45, 7) is 1.50. The number of ketones is 1. The van der Waals surface area contributed by atoms with Gasteiger partial charge in [-0.15, -0.1) is 0 Å². The summed E-state index contributed by atoms with van der Waals surface area (Å²) >= 11 is 3.31. The van der Waals surface area contributed by atoms with Crippen LogP contribution in [0, 0.1) is 0 Å². The van der Waals surface area contributed by atoms with E-state index in [0.717, 1.165) is 10.0 Å². The molecular weight excluding hydrogens is 260 g/mol. The summed E-state index contributed by atoms with van der Waals surface area (Å²) in [5.41, 5.74) is 1.43. The molecule has 4 heteroatoms. The van der Waals surface area contributed by atoms with Gasteiger partial charge in [0.25, 0.3) is 0 Å². The molecule has 0 aliphatic heterocycles. The molecule has 0 N–H and O–H groups in total. The molecule has 0 atom stereocenters. The second kappa shape index (κ2) is 5.07. The molecule has 0 bridgehead atoms. The monoisotopic (exact) mass is 270 g/mol. The molecule has 0 saturated carbocycles. The molecule has 15 heavy (non-hydrogen) atoms. The minimum Gasteiger partial charge on any atom is -0.469 e. The predicted molar refractivity (Wildman–Crippen MR) is 59.9 cm³/mol. The van der Waals surface area contributed by atoms with E-state index in [-0.39, 0.29) is 18.2 Å². The van der Waals surface area contributed by atoms with Crippen LogP contribution < -0.4 is 0 Å². The van der Waals surface area contributed by atoms with E-state index in [1.807, 2.05) is 0 Å². The van der Waals surface area contributed by atoms with Gasteiger partial charge in [0.1, 0.15) is 0 Å². The predicted octanol–water partition coefficient (Wildman–Crippen LogP) is 2.37. The summed E-state index contributed by atoms with van der Waals surface area (Å²) in [5, 5.41) is 0. The van der Waals surface area contributed by atoms with Gasteiger partial charge >= 0.3 is 5.97 Å². The molecule has 3 nitrogen and oxygen atoms in total. The van der Waals surface area contributed by atoms with E-state index >= 15 is 0 Å². The zero-order valence-corrected chi connectivity index (χ0v) is 10.1. The number of Topliss-reactive ketones (excluding diaryl/α,β-unsaturated/α-hetero) is 1. The van der Waals surface area contributed by atoms with Gasteiger partial charge in [-0.1, -0.05) is 28.1 Å². The Labute approximate surface area is 96.6 Å². The van der Waals surface area contributed by atoms with E-state index in [1.165, 1.54) is 14.0 Å². The maximum atomic E-state index is 11.1. The Morgan fingerprint density at radius 2 is 2.07 bits per heavy atom. The zero-order chi connectivity index (χ0) is 11.4. The van der Waals surface area contributed by atoms with Crippen molar-refractivity contribution in [2.45, 2.75) is 13.3 Å². The van der Waals surface area contributed by atoms with Crippen molar-refractivity contribution in [2.75, 3.05) is 7.11 Å². The van der Waals surface area contributed by atoms with Gasteiger partial charge in [0, 0.05) is 10.0 Å². The largest absolute Gasteiger partial charge is 0.469 e. The highest BCUT2D eigenvalue weighted by atomic mass is 79.9. The molecule has 0 aliphatic rings. The van der Waals surface area contributed by atoms with E-state index in [1.54, 1.807) is 18.2 Å². The minimum atomic E-state index is -0.300. The van der Waals surface area contributed by atoms with Gasteiger partial charge < -0.3 is 4.74 Å². The lowest BCUT2D eigenvalue weighted by molar-refractivity contribution is -0.139. The van der Waals surface area contributed by atoms with Gasteiger partial charge in [-0.3, -0.25) is 9.59 Å². The first-order valence-electron chi connectivity index (χ1n) is 4.40. The fourth-order valence-corrected chi connectivity index (χ4v) is 1.66. The van der Waals surface area contributed by atoms with Crippen LogP contribution in [0.2, 0.25) is 0 Å². The summed E-state index contributed by atoms with van der Waals surface area (Å²) < 4.78 is 5.31. The Morgan fingerprint density at radius 3 is 2.53 bits per heavy atom. The lowest BCUT2D eigenvalue weighted by Gasteiger charge is -2.04. The van der Waals surface area contributed by atoms with Gasteiger partial charge in [0.2, 0.25) is 0 Å². The third-order valence-corrected chi connectivity index (χ3v) is 2.76. The number of ether oxygens (including phenoxy) is 1. The number of benzene rings is 1. The lowest BCUT2D eigenvalue weighted by Crippen LogP contribution is -2.05. The highest BCUT2D eigenvalue weighted by Gasteiger charge is 2.08. The molecule has 0 fully saturated rings. The number of halogens is 1. The molecule has 0 saturated heterocycles. The highest BCUT2D eigenvalue weighted by Crippen LogP contribution is 2.19. The molecule has 1 aromatic rings. The van der Waals surface area contributed by atoms with Gasteiger partial charge in [0.05, 0.1) is 13.5 Å². The average molecular weight is 271 g/mol. The smallest absolute Gasteiger partial charge is 0.310 e. The number of methoxy groups -OCH3 is 1. The quantitative estimate of drug-likeness (QED) is 0.626. The van der Waals surface area contributed by atoms with Crippen molar-refractivity contribution in [3.8, 4) is 0 Å². The summed E-state index contributed by atoms with van der Waals surface area (Å²) in [5.74, 6) is -0.299. The topological polar surface area (TPSA) is 43.4 Å². The summed E-state index contributed by atoms with van der Waals surface area (Å²) in [6.07, 6.45) is 0.204. The van der Waals surface area contributed by atoms with E-state index < -0.39 is 0 Å². The fraction of sp³-hybridized carbons (Fsp3) is 0.273. The average Bonchev–Trinajstić information content (AvgIpc) is 2.20. The number of rotatable bonds is 3. The molecular formula is C11H11BrO3. The number of carbonyl (C=O) groups excluding carboxylic acids is 2. The normalized spacial score (nSPS) is 9.80. The maximum Gasteiger partial charge on any atom is 0.310 e. The lowest BCUT2D eigenvalue weighted by atomic mass is 10.1. The fourth-order valence-electron chi connectivity index (χ4n) is 1.14. The summed E-state index contributed by atoms with van der Waals surface area (Å²) in [4.78, 5) is 22.1. The van der Waals surface area contributed by atoms with Crippen LogP contribution in [-0.2, 0) is 16.0 Å². The van der Waals surface area contributed by atoms with Crippen LogP contribution >= 0.6 is 15.9 Å². The Balaban J connectivity index is 2.93. The maximum absolute atomic E-state index is 11.1. The van der Waals surface area contributed by atoms with Crippen LogP contribution in [0.3, 0.4) is 0 Å². The Morgan fingerprint density at radius 1 is 1.40 bits per heavy atom. The standard InChI is InChI=1S/C11H11BrO3/c1-7(13)8-3-4-9(10(12)5-8)6-11(14)15-2/h3-5H,6H2,1-2H3. The van der Waals surface area contributed by atoms with Crippen molar-refractivity contribution >= 4 is 27.7 Å². The van der Waals surface area contributed by atoms with Crippen molar-refractivity contribution in [3.05, 3.63) is 33.8 Å². The summed E-state index contributed by atoms with van der Waals surface area (Å²) in [6, 6.07) is 5.16. The van der Waals surface area contributed by atoms with Crippen LogP contribution in [-0.4, -0.2) is 18.9 Å². The van der Waals surface area contributed by atoms with Gasteiger partial charge in [-0.05, 0) is 18.6 Å². The van der Waals surface area contributed by atoms with Crippen LogP contribution in [0.25, 0.3) is 0 Å². The van der Waals surface area contributed by atoms with E-state index in [4.69, 9.17) is 0 Å². The molecule has 1 rings (SSSR count).